The van der Waals surface area contributed by atoms with E-state index in [0.29, 0.717) is 6.54 Å². The Morgan fingerprint density at radius 2 is 2.29 bits per heavy atom. The molecule has 0 amide bonds. The molecule has 1 saturated heterocycles. The van der Waals surface area contributed by atoms with Crippen molar-refractivity contribution in [2.75, 3.05) is 13.1 Å². The second kappa shape index (κ2) is 2.26. The predicted molar refractivity (Wildman–Crippen MR) is 27.3 cm³/mol. The highest BCUT2D eigenvalue weighted by atomic mass is 16.5. The first-order valence-corrected chi connectivity index (χ1v) is 2.58. The minimum Gasteiger partial charge on any atom is -0.772 e. The molecule has 0 aliphatic carbocycles. The molecule has 0 aromatic rings. The van der Waals surface area contributed by atoms with Crippen LogP contribution >= 0.6 is 0 Å². The maximum absolute atomic E-state index is 10.3. The molecule has 3 nitrogen and oxygen atoms in total. The highest BCUT2D eigenvalue weighted by Crippen LogP contribution is 1.95. The van der Waals surface area contributed by atoms with Crippen molar-refractivity contribution in [3.05, 3.63) is 5.21 Å². The van der Waals surface area contributed by atoms with Gasteiger partial charge in [0.1, 0.15) is 0 Å². The summed E-state index contributed by atoms with van der Waals surface area (Å²) < 4.78 is 0. The summed E-state index contributed by atoms with van der Waals surface area (Å²) in [4.78, 5) is 0. The average Bonchev–Trinajstić information content (AvgIpc) is 1.69. The van der Waals surface area contributed by atoms with Gasteiger partial charge in [-0.2, -0.15) is 0 Å². The van der Waals surface area contributed by atoms with Crippen molar-refractivity contribution in [3.63, 3.8) is 0 Å². The van der Waals surface area contributed by atoms with Gasteiger partial charge in [0.05, 0.1) is 0 Å². The molecule has 0 bridgehead atoms. The number of hydroxylamine groups is 1. The van der Waals surface area contributed by atoms with Gasteiger partial charge in [0.15, 0.2) is 0 Å². The lowest BCUT2D eigenvalue weighted by molar-refractivity contribution is 0.226. The van der Waals surface area contributed by atoms with E-state index < -0.39 is 0 Å². The Morgan fingerprint density at radius 1 is 1.43 bits per heavy atom. The number of rotatable bonds is 0. The summed E-state index contributed by atoms with van der Waals surface area (Å²) in [6, 6.07) is 0. The second-order valence-electron chi connectivity index (χ2n) is 1.72. The van der Waals surface area contributed by atoms with Crippen LogP contribution < -0.4 is 5.43 Å². The highest BCUT2D eigenvalue weighted by Gasteiger charge is 1.96. The van der Waals surface area contributed by atoms with Gasteiger partial charge >= 0.3 is 0 Å². The van der Waals surface area contributed by atoms with Crippen LogP contribution in [0.4, 0.5) is 0 Å². The molecule has 1 aliphatic heterocycles. The molecule has 0 radical (unpaired) electrons. The van der Waals surface area contributed by atoms with E-state index in [0.717, 1.165) is 24.6 Å². The molecule has 0 saturated carbocycles. The summed E-state index contributed by atoms with van der Waals surface area (Å²) in [5.74, 6) is 0. The van der Waals surface area contributed by atoms with Crippen molar-refractivity contribution in [2.45, 2.75) is 12.8 Å². The van der Waals surface area contributed by atoms with Crippen LogP contribution in [0.2, 0.25) is 0 Å². The zero-order valence-corrected chi connectivity index (χ0v) is 4.18. The fraction of sp³-hybridized carbons (Fsp3) is 1.00. The minimum atomic E-state index is 0.653. The Hall–Kier alpha value is -0.120. The van der Waals surface area contributed by atoms with E-state index in [4.69, 9.17) is 0 Å². The molecule has 42 valence electrons. The zero-order chi connectivity index (χ0) is 5.11. The Morgan fingerprint density at radius 3 is 2.57 bits per heavy atom. The molecular weight excluding hydrogens is 92.1 g/mol. The molecule has 1 N–H and O–H groups in total. The first kappa shape index (κ1) is 5.03. The third kappa shape index (κ3) is 1.43. The summed E-state index contributed by atoms with van der Waals surface area (Å²) >= 11 is 0. The van der Waals surface area contributed by atoms with Gasteiger partial charge in [0, 0.05) is 6.54 Å². The number of nitrogens with one attached hydrogen (secondary N) is 1. The molecule has 0 spiro atoms. The maximum atomic E-state index is 10.3. The van der Waals surface area contributed by atoms with E-state index in [1.807, 2.05) is 0 Å². The summed E-state index contributed by atoms with van der Waals surface area (Å²) in [6.45, 7) is 1.50. The fourth-order valence-electron chi connectivity index (χ4n) is 0.663. The first-order chi connectivity index (χ1) is 3.39. The highest BCUT2D eigenvalue weighted by molar-refractivity contribution is 4.58. The van der Waals surface area contributed by atoms with Crippen molar-refractivity contribution in [2.24, 2.45) is 0 Å². The summed E-state index contributed by atoms with van der Waals surface area (Å²) in [6.07, 6.45) is 2.18. The van der Waals surface area contributed by atoms with Crippen molar-refractivity contribution in [1.82, 2.24) is 10.6 Å². The Bertz CT molecular complexity index is 51.7. The lowest BCUT2D eigenvalue weighted by Gasteiger charge is -2.32. The monoisotopic (exact) mass is 101 g/mol. The van der Waals surface area contributed by atoms with Crippen LogP contribution in [0.5, 0.6) is 0 Å². The molecule has 3 heteroatoms. The number of hydrogen-bond donors (Lipinski definition) is 1. The van der Waals surface area contributed by atoms with Gasteiger partial charge < -0.3 is 10.4 Å². The summed E-state index contributed by atoms with van der Waals surface area (Å²) in [5.41, 5.74) is 2.66. The van der Waals surface area contributed by atoms with Crippen LogP contribution in [0.15, 0.2) is 0 Å². The Balaban J connectivity index is 2.12. The van der Waals surface area contributed by atoms with Gasteiger partial charge in [-0.05, 0) is 19.4 Å². The first-order valence-electron chi connectivity index (χ1n) is 2.58. The van der Waals surface area contributed by atoms with Crippen LogP contribution in [0, 0.1) is 5.21 Å². The van der Waals surface area contributed by atoms with Crippen LogP contribution in [-0.2, 0) is 0 Å². The minimum absolute atomic E-state index is 0.653. The molecule has 1 rings (SSSR count). The van der Waals surface area contributed by atoms with Gasteiger partial charge in [-0.3, -0.25) is 5.43 Å². The average molecular weight is 101 g/mol. The lowest BCUT2D eigenvalue weighted by Crippen LogP contribution is -2.38. The second-order valence-corrected chi connectivity index (χ2v) is 1.72. The summed E-state index contributed by atoms with van der Waals surface area (Å²) in [5, 5.41) is 11.2. The number of hydrazine groups is 1. The maximum Gasteiger partial charge on any atom is 0.00928 e. The largest absolute Gasteiger partial charge is 0.772 e. The van der Waals surface area contributed by atoms with Gasteiger partial charge in [-0.25, -0.2) is 0 Å². The van der Waals surface area contributed by atoms with E-state index >= 15 is 0 Å². The Labute approximate surface area is 42.9 Å². The molecule has 0 unspecified atom stereocenters. The van der Waals surface area contributed by atoms with Crippen LogP contribution in [0.1, 0.15) is 12.8 Å². The van der Waals surface area contributed by atoms with Crippen LogP contribution in [-0.4, -0.2) is 18.3 Å². The normalized spacial score (nSPS) is 25.3. The van der Waals surface area contributed by atoms with Gasteiger partial charge in [0.2, 0.25) is 0 Å². The van der Waals surface area contributed by atoms with E-state index in [1.165, 1.54) is 0 Å². The van der Waals surface area contributed by atoms with Crippen molar-refractivity contribution in [1.29, 1.82) is 0 Å². The van der Waals surface area contributed by atoms with Crippen molar-refractivity contribution < 1.29 is 0 Å². The lowest BCUT2D eigenvalue weighted by atomic mass is 10.3. The van der Waals surface area contributed by atoms with Crippen LogP contribution in [0.3, 0.4) is 0 Å². The molecule has 1 heterocycles. The van der Waals surface area contributed by atoms with Gasteiger partial charge in [0.25, 0.3) is 0 Å². The molecule has 7 heavy (non-hydrogen) atoms. The van der Waals surface area contributed by atoms with Crippen molar-refractivity contribution >= 4 is 0 Å². The van der Waals surface area contributed by atoms with E-state index in [2.05, 4.69) is 5.43 Å². The van der Waals surface area contributed by atoms with E-state index in [1.54, 1.807) is 0 Å². The van der Waals surface area contributed by atoms with Gasteiger partial charge in [-0.15, -0.1) is 0 Å². The third-order valence-corrected chi connectivity index (χ3v) is 1.08. The SMILES string of the molecule is [O-]N1CCCCN1. The molecular formula is C4H9N2O-. The molecule has 0 aromatic carbocycles. The van der Waals surface area contributed by atoms with Crippen LogP contribution in [0.25, 0.3) is 0 Å². The standard InChI is InChI=1S/C4H9N2O/c7-6-4-2-1-3-5-6/h5H,1-4H2/q-1. The van der Waals surface area contributed by atoms with Gasteiger partial charge in [-0.1, -0.05) is 0 Å². The number of nitrogens with zero attached hydrogens (tertiary/aromatic N) is 1. The molecule has 0 atom stereocenters. The molecule has 1 aliphatic rings. The van der Waals surface area contributed by atoms with E-state index in [-0.39, 0.29) is 0 Å². The summed E-state index contributed by atoms with van der Waals surface area (Å²) in [7, 11) is 0. The fourth-order valence-corrected chi connectivity index (χ4v) is 0.663. The molecule has 1 fully saturated rings. The van der Waals surface area contributed by atoms with E-state index in [9.17, 15) is 5.21 Å². The molecule has 0 aromatic heterocycles. The Kier molecular flexibility index (Phi) is 1.62. The predicted octanol–water partition coefficient (Wildman–Crippen LogP) is 0.0846. The number of hydrogen-bond acceptors (Lipinski definition) is 3. The third-order valence-electron chi connectivity index (χ3n) is 1.08. The smallest absolute Gasteiger partial charge is 0.00928 e. The topological polar surface area (TPSA) is 38.3 Å². The van der Waals surface area contributed by atoms with Crippen molar-refractivity contribution in [3.8, 4) is 0 Å². The quantitative estimate of drug-likeness (QED) is 0.469. The zero-order valence-electron chi connectivity index (χ0n) is 4.18.